The standard InChI is InChI=1S/C25H24N4O4/c1-12-4-5-16(29(32)33)9-21(12)27-13(2)8-15(14(27)3)11-26-28-24(30)22-17-6-7-18(20-10-19(17)20)23(22)25(28)31/h4-9,11,17-20,22-23H,10H2,1-3H3/b26-11-/t17-,18-,19-,20+,22-,23+/m0/s1. The molecule has 33 heavy (non-hydrogen) atoms. The fourth-order valence-electron chi connectivity index (χ4n) is 6.42. The number of nitro groups is 1. The topological polar surface area (TPSA) is 97.8 Å². The van der Waals surface area contributed by atoms with E-state index in [1.807, 2.05) is 31.4 Å². The first-order chi connectivity index (χ1) is 15.8. The number of rotatable bonds is 4. The van der Waals surface area contributed by atoms with Gasteiger partial charge in [0.1, 0.15) is 0 Å². The first-order valence-corrected chi connectivity index (χ1v) is 11.3. The molecular formula is C25H24N4O4. The molecular weight excluding hydrogens is 420 g/mol. The SMILES string of the molecule is Cc1ccc([N+](=O)[O-])cc1-n1c(C)cc(/C=N\N2C(=O)[C@@H]3[C@H]4C=C[C@@H]([C@@H]5C[C@H]45)[C@@H]3C2=O)c1C. The monoisotopic (exact) mass is 444 g/mol. The molecule has 0 radical (unpaired) electrons. The van der Waals surface area contributed by atoms with Crippen LogP contribution >= 0.6 is 0 Å². The van der Waals surface area contributed by atoms with E-state index in [9.17, 15) is 19.7 Å². The minimum absolute atomic E-state index is 0.0236. The van der Waals surface area contributed by atoms with Crippen molar-refractivity contribution in [2.75, 3.05) is 0 Å². The third-order valence-electron chi connectivity index (χ3n) is 8.07. The summed E-state index contributed by atoms with van der Waals surface area (Å²) in [6.07, 6.45) is 6.98. The van der Waals surface area contributed by atoms with E-state index in [0.29, 0.717) is 11.8 Å². The molecule has 4 aliphatic carbocycles. The van der Waals surface area contributed by atoms with Gasteiger partial charge >= 0.3 is 0 Å². The molecule has 1 saturated heterocycles. The van der Waals surface area contributed by atoms with Crippen molar-refractivity contribution >= 4 is 23.7 Å². The van der Waals surface area contributed by atoms with E-state index < -0.39 is 4.92 Å². The highest BCUT2D eigenvalue weighted by atomic mass is 16.6. The van der Waals surface area contributed by atoms with Crippen LogP contribution in [-0.2, 0) is 9.59 Å². The van der Waals surface area contributed by atoms with Crippen LogP contribution in [0.5, 0.6) is 0 Å². The van der Waals surface area contributed by atoms with Gasteiger partial charge in [0.2, 0.25) is 0 Å². The first-order valence-electron chi connectivity index (χ1n) is 11.3. The molecule has 8 nitrogen and oxygen atoms in total. The Bertz CT molecular complexity index is 1270. The van der Waals surface area contributed by atoms with E-state index in [1.54, 1.807) is 18.3 Å². The van der Waals surface area contributed by atoms with Crippen molar-refractivity contribution in [2.45, 2.75) is 27.2 Å². The van der Waals surface area contributed by atoms with Crippen LogP contribution in [-0.4, -0.2) is 32.5 Å². The van der Waals surface area contributed by atoms with Gasteiger partial charge in [0.25, 0.3) is 17.5 Å². The number of nitro benzene ring substituents is 1. The lowest BCUT2D eigenvalue weighted by molar-refractivity contribution is -0.384. The minimum Gasteiger partial charge on any atom is -0.317 e. The molecule has 0 unspecified atom stereocenters. The summed E-state index contributed by atoms with van der Waals surface area (Å²) in [5, 5.41) is 16.7. The largest absolute Gasteiger partial charge is 0.317 e. The molecule has 2 heterocycles. The number of nitrogens with zero attached hydrogens (tertiary/aromatic N) is 4. The Morgan fingerprint density at radius 3 is 2.27 bits per heavy atom. The zero-order valence-electron chi connectivity index (χ0n) is 18.6. The zero-order valence-corrected chi connectivity index (χ0v) is 18.6. The summed E-state index contributed by atoms with van der Waals surface area (Å²) in [7, 11) is 0. The number of hydrazone groups is 1. The predicted octanol–water partition coefficient (Wildman–Crippen LogP) is 3.70. The molecule has 1 aliphatic heterocycles. The summed E-state index contributed by atoms with van der Waals surface area (Å²) in [6.45, 7) is 5.72. The van der Waals surface area contributed by atoms with Gasteiger partial charge in [-0.2, -0.15) is 10.1 Å². The van der Waals surface area contributed by atoms with Crippen LogP contribution in [0.2, 0.25) is 0 Å². The maximum Gasteiger partial charge on any atom is 0.271 e. The zero-order chi connectivity index (χ0) is 23.2. The molecule has 7 rings (SSSR count). The highest BCUT2D eigenvalue weighted by Gasteiger charge is 2.67. The Hall–Kier alpha value is -3.55. The molecule has 0 spiro atoms. The Labute approximate surface area is 190 Å². The lowest BCUT2D eigenvalue weighted by Crippen LogP contribution is -2.40. The number of aromatic nitrogens is 1. The van der Waals surface area contributed by atoms with Crippen molar-refractivity contribution in [2.24, 2.45) is 40.6 Å². The summed E-state index contributed by atoms with van der Waals surface area (Å²) in [5.74, 6) is 0.537. The molecule has 5 aliphatic rings. The first kappa shape index (κ1) is 20.1. The molecule has 1 aromatic carbocycles. The van der Waals surface area contributed by atoms with E-state index >= 15 is 0 Å². The van der Waals surface area contributed by atoms with Gasteiger partial charge < -0.3 is 4.57 Å². The maximum absolute atomic E-state index is 13.1. The average molecular weight is 444 g/mol. The fraction of sp³-hybridized carbons (Fsp3) is 0.400. The highest BCUT2D eigenvalue weighted by Crippen LogP contribution is 2.65. The number of amides is 2. The molecule has 2 aromatic rings. The molecule has 8 heteroatoms. The van der Waals surface area contributed by atoms with E-state index in [-0.39, 0.29) is 41.2 Å². The second-order valence-electron chi connectivity index (χ2n) is 9.78. The van der Waals surface area contributed by atoms with Crippen molar-refractivity contribution in [3.8, 4) is 5.69 Å². The van der Waals surface area contributed by atoms with E-state index in [1.165, 1.54) is 6.07 Å². The smallest absolute Gasteiger partial charge is 0.271 e. The Balaban J connectivity index is 1.32. The second kappa shape index (κ2) is 6.73. The molecule has 3 fully saturated rings. The summed E-state index contributed by atoms with van der Waals surface area (Å²) < 4.78 is 1.94. The number of carbonyl (C=O) groups is 2. The number of allylic oxidation sites excluding steroid dienone is 2. The third kappa shape index (κ3) is 2.73. The summed E-state index contributed by atoms with van der Waals surface area (Å²) >= 11 is 0. The molecule has 2 amide bonds. The van der Waals surface area contributed by atoms with Crippen molar-refractivity contribution in [3.63, 3.8) is 0 Å². The average Bonchev–Trinajstić information content (AvgIpc) is 3.51. The van der Waals surface area contributed by atoms with Crippen LogP contribution in [0.4, 0.5) is 5.69 Å². The lowest BCUT2D eigenvalue weighted by atomic mass is 9.63. The number of non-ortho nitro benzene ring substituents is 1. The van der Waals surface area contributed by atoms with Gasteiger partial charge in [-0.25, -0.2) is 0 Å². The molecule has 168 valence electrons. The number of benzene rings is 1. The normalized spacial score (nSPS) is 31.4. The molecule has 0 N–H and O–H groups in total. The van der Waals surface area contributed by atoms with Gasteiger partial charge in [0, 0.05) is 29.1 Å². The number of hydrogen-bond donors (Lipinski definition) is 0. The van der Waals surface area contributed by atoms with Gasteiger partial charge in [0.15, 0.2) is 0 Å². The van der Waals surface area contributed by atoms with Gasteiger partial charge in [-0.05, 0) is 62.5 Å². The van der Waals surface area contributed by atoms with Crippen LogP contribution in [0, 0.1) is 66.4 Å². The summed E-state index contributed by atoms with van der Waals surface area (Å²) in [5.41, 5.74) is 4.13. The van der Waals surface area contributed by atoms with Crippen molar-refractivity contribution in [1.82, 2.24) is 9.58 Å². The van der Waals surface area contributed by atoms with Crippen molar-refractivity contribution in [3.05, 3.63) is 69.0 Å². The van der Waals surface area contributed by atoms with Gasteiger partial charge in [0.05, 0.1) is 28.7 Å². The molecule has 6 atom stereocenters. The molecule has 2 saturated carbocycles. The third-order valence-corrected chi connectivity index (χ3v) is 8.07. The predicted molar refractivity (Wildman–Crippen MR) is 121 cm³/mol. The van der Waals surface area contributed by atoms with Gasteiger partial charge in [-0.3, -0.25) is 19.7 Å². The van der Waals surface area contributed by atoms with E-state index in [2.05, 4.69) is 17.3 Å². The van der Waals surface area contributed by atoms with Gasteiger partial charge in [-0.1, -0.05) is 18.2 Å². The molecule has 2 bridgehead atoms. The van der Waals surface area contributed by atoms with Crippen LogP contribution in [0.15, 0.2) is 41.5 Å². The van der Waals surface area contributed by atoms with Crippen LogP contribution in [0.3, 0.4) is 0 Å². The highest BCUT2D eigenvalue weighted by molar-refractivity contribution is 6.06. The Morgan fingerprint density at radius 2 is 1.67 bits per heavy atom. The number of aryl methyl sites for hydroxylation is 2. The summed E-state index contributed by atoms with van der Waals surface area (Å²) in [4.78, 5) is 37.1. The summed E-state index contributed by atoms with van der Waals surface area (Å²) in [6, 6.07) is 6.69. The molecule has 1 aromatic heterocycles. The second-order valence-corrected chi connectivity index (χ2v) is 9.78. The fourth-order valence-corrected chi connectivity index (χ4v) is 6.42. The Morgan fingerprint density at radius 1 is 1.03 bits per heavy atom. The quantitative estimate of drug-likeness (QED) is 0.236. The lowest BCUT2D eigenvalue weighted by Gasteiger charge is -2.37. The number of hydrogen-bond acceptors (Lipinski definition) is 5. The van der Waals surface area contributed by atoms with E-state index in [4.69, 9.17) is 0 Å². The van der Waals surface area contributed by atoms with Crippen molar-refractivity contribution < 1.29 is 14.5 Å². The minimum atomic E-state index is -0.407. The van der Waals surface area contributed by atoms with Crippen LogP contribution in [0.25, 0.3) is 5.69 Å². The van der Waals surface area contributed by atoms with Crippen LogP contribution in [0.1, 0.15) is 28.9 Å². The van der Waals surface area contributed by atoms with E-state index in [0.717, 1.165) is 39.6 Å². The maximum atomic E-state index is 13.1. The number of carbonyl (C=O) groups excluding carboxylic acids is 2. The number of imide groups is 1. The van der Waals surface area contributed by atoms with Gasteiger partial charge in [-0.15, -0.1) is 0 Å². The van der Waals surface area contributed by atoms with Crippen molar-refractivity contribution in [1.29, 1.82) is 0 Å². The van der Waals surface area contributed by atoms with Crippen LogP contribution < -0.4 is 0 Å². The Kier molecular flexibility index (Phi) is 4.09.